The van der Waals surface area contributed by atoms with E-state index in [0.29, 0.717) is 0 Å². The van der Waals surface area contributed by atoms with Crippen LogP contribution in [-0.2, 0) is 19.1 Å². The van der Waals surface area contributed by atoms with E-state index in [1.165, 1.54) is 11.1 Å². The molecule has 1 aliphatic carbocycles. The maximum atomic E-state index is 12.0. The summed E-state index contributed by atoms with van der Waals surface area (Å²) in [4.78, 5) is 33.7. The van der Waals surface area contributed by atoms with Crippen LogP contribution in [0.1, 0.15) is 23.5 Å². The second-order valence-electron chi connectivity index (χ2n) is 6.79. The average molecular weight is 412 g/mol. The molecule has 0 spiro atoms. The Morgan fingerprint density at radius 1 is 0.900 bits per heavy atom. The van der Waals surface area contributed by atoms with Crippen LogP contribution in [0.3, 0.4) is 0 Å². The highest BCUT2D eigenvalue weighted by molar-refractivity contribution is 5.81. The molecule has 0 bridgehead atoms. The van der Waals surface area contributed by atoms with E-state index >= 15 is 0 Å². The SMILES string of the molecule is O=C(O)CNC(=O)CCOCCNC(=O)OCC1c2ccccc2-c2ccccc21. The van der Waals surface area contributed by atoms with Crippen molar-refractivity contribution in [1.82, 2.24) is 10.6 Å². The van der Waals surface area contributed by atoms with Gasteiger partial charge in [-0.1, -0.05) is 48.5 Å². The first kappa shape index (κ1) is 21.3. The molecule has 0 fully saturated rings. The van der Waals surface area contributed by atoms with E-state index in [0.717, 1.165) is 11.1 Å². The molecule has 1 aliphatic rings. The minimum atomic E-state index is -1.10. The summed E-state index contributed by atoms with van der Waals surface area (Å²) in [5, 5.41) is 13.3. The molecule has 8 heteroatoms. The van der Waals surface area contributed by atoms with Gasteiger partial charge in [0, 0.05) is 18.9 Å². The number of fused-ring (bicyclic) bond motifs is 3. The Kier molecular flexibility index (Phi) is 7.40. The Morgan fingerprint density at radius 3 is 2.17 bits per heavy atom. The summed E-state index contributed by atoms with van der Waals surface area (Å²) in [6.45, 7) is 0.425. The molecular weight excluding hydrogens is 388 g/mol. The standard InChI is InChI=1S/C22H24N2O6/c25-20(24-13-21(26)27)9-11-29-12-10-23-22(28)30-14-19-17-7-3-1-5-15(17)16-6-2-4-8-18(16)19/h1-8,19H,9-14H2,(H,23,28)(H,24,25)(H,26,27). The quantitative estimate of drug-likeness (QED) is 0.515. The molecule has 0 atom stereocenters. The Hall–Kier alpha value is -3.39. The zero-order chi connectivity index (χ0) is 21.3. The van der Waals surface area contributed by atoms with Gasteiger partial charge in [0.2, 0.25) is 5.91 Å². The minimum absolute atomic E-state index is 0.00344. The number of hydrogen-bond acceptors (Lipinski definition) is 5. The molecule has 0 saturated heterocycles. The van der Waals surface area contributed by atoms with Crippen LogP contribution in [-0.4, -0.2) is 56.0 Å². The van der Waals surface area contributed by atoms with E-state index in [1.54, 1.807) is 0 Å². The Morgan fingerprint density at radius 2 is 1.53 bits per heavy atom. The number of nitrogens with one attached hydrogen (secondary N) is 2. The number of aliphatic carboxylic acids is 1. The minimum Gasteiger partial charge on any atom is -0.480 e. The number of carboxylic acids is 1. The maximum absolute atomic E-state index is 12.0. The van der Waals surface area contributed by atoms with E-state index in [4.69, 9.17) is 14.6 Å². The van der Waals surface area contributed by atoms with Gasteiger partial charge < -0.3 is 25.2 Å². The lowest BCUT2D eigenvalue weighted by Gasteiger charge is -2.14. The van der Waals surface area contributed by atoms with Crippen LogP contribution < -0.4 is 10.6 Å². The van der Waals surface area contributed by atoms with Crippen molar-refractivity contribution < 1.29 is 29.0 Å². The normalized spacial score (nSPS) is 12.0. The summed E-state index contributed by atoms with van der Waals surface area (Å²) >= 11 is 0. The van der Waals surface area contributed by atoms with Gasteiger partial charge in [0.15, 0.2) is 0 Å². The summed E-state index contributed by atoms with van der Waals surface area (Å²) in [6, 6.07) is 16.2. The third kappa shape index (κ3) is 5.57. The van der Waals surface area contributed by atoms with Crippen LogP contribution in [0.4, 0.5) is 4.79 Å². The van der Waals surface area contributed by atoms with Gasteiger partial charge in [0.05, 0.1) is 13.2 Å². The first-order valence-electron chi connectivity index (χ1n) is 9.71. The monoisotopic (exact) mass is 412 g/mol. The number of benzene rings is 2. The maximum Gasteiger partial charge on any atom is 0.407 e. The van der Waals surface area contributed by atoms with E-state index in [-0.39, 0.29) is 38.7 Å². The van der Waals surface area contributed by atoms with Crippen LogP contribution in [0.25, 0.3) is 11.1 Å². The first-order valence-corrected chi connectivity index (χ1v) is 9.71. The Balaban J connectivity index is 1.36. The predicted molar refractivity (Wildman–Crippen MR) is 109 cm³/mol. The molecule has 8 nitrogen and oxygen atoms in total. The lowest BCUT2D eigenvalue weighted by Crippen LogP contribution is -2.31. The van der Waals surface area contributed by atoms with Crippen molar-refractivity contribution in [3.8, 4) is 11.1 Å². The molecule has 30 heavy (non-hydrogen) atoms. The van der Waals surface area contributed by atoms with Crippen molar-refractivity contribution in [2.75, 3.05) is 32.9 Å². The largest absolute Gasteiger partial charge is 0.480 e. The number of carbonyl (C=O) groups is 3. The summed E-state index contributed by atoms with van der Waals surface area (Å²) in [6.07, 6.45) is -0.474. The topological polar surface area (TPSA) is 114 Å². The number of rotatable bonds is 10. The molecule has 0 saturated carbocycles. The van der Waals surface area contributed by atoms with Gasteiger partial charge in [-0.05, 0) is 22.3 Å². The van der Waals surface area contributed by atoms with Gasteiger partial charge in [-0.3, -0.25) is 9.59 Å². The highest BCUT2D eigenvalue weighted by Gasteiger charge is 2.28. The summed E-state index contributed by atoms with van der Waals surface area (Å²) in [7, 11) is 0. The van der Waals surface area contributed by atoms with Gasteiger partial charge >= 0.3 is 12.1 Å². The molecule has 0 radical (unpaired) electrons. The average Bonchev–Trinajstić information content (AvgIpc) is 3.07. The third-order valence-electron chi connectivity index (χ3n) is 4.77. The molecule has 2 amide bonds. The van der Waals surface area contributed by atoms with Crippen molar-refractivity contribution in [3.05, 3.63) is 59.7 Å². The van der Waals surface area contributed by atoms with E-state index in [2.05, 4.69) is 34.9 Å². The number of carboxylic acid groups (broad SMARTS) is 1. The van der Waals surface area contributed by atoms with Gasteiger partial charge in [-0.15, -0.1) is 0 Å². The molecule has 0 unspecified atom stereocenters. The van der Waals surface area contributed by atoms with Crippen LogP contribution >= 0.6 is 0 Å². The molecular formula is C22H24N2O6. The van der Waals surface area contributed by atoms with Gasteiger partial charge in [0.1, 0.15) is 13.2 Å². The molecule has 2 aromatic carbocycles. The van der Waals surface area contributed by atoms with Crippen LogP contribution in [0.15, 0.2) is 48.5 Å². The van der Waals surface area contributed by atoms with Crippen molar-refractivity contribution in [2.24, 2.45) is 0 Å². The van der Waals surface area contributed by atoms with Crippen molar-refractivity contribution in [3.63, 3.8) is 0 Å². The highest BCUT2D eigenvalue weighted by atomic mass is 16.5. The third-order valence-corrected chi connectivity index (χ3v) is 4.77. The van der Waals surface area contributed by atoms with E-state index in [1.807, 2.05) is 24.3 Å². The van der Waals surface area contributed by atoms with Crippen molar-refractivity contribution in [1.29, 1.82) is 0 Å². The van der Waals surface area contributed by atoms with Crippen LogP contribution in [0.2, 0.25) is 0 Å². The van der Waals surface area contributed by atoms with E-state index < -0.39 is 24.5 Å². The lowest BCUT2D eigenvalue weighted by atomic mass is 9.98. The van der Waals surface area contributed by atoms with Gasteiger partial charge in [-0.25, -0.2) is 4.79 Å². The second kappa shape index (κ2) is 10.4. The number of amides is 2. The smallest absolute Gasteiger partial charge is 0.407 e. The summed E-state index contributed by atoms with van der Waals surface area (Å²) in [5.74, 6) is -1.50. The molecule has 0 aromatic heterocycles. The Labute approximate surface area is 174 Å². The number of alkyl carbamates (subject to hydrolysis) is 1. The molecule has 2 aromatic rings. The van der Waals surface area contributed by atoms with Crippen molar-refractivity contribution >= 4 is 18.0 Å². The van der Waals surface area contributed by atoms with Crippen molar-refractivity contribution in [2.45, 2.75) is 12.3 Å². The molecule has 0 heterocycles. The first-order chi connectivity index (χ1) is 14.6. The zero-order valence-electron chi connectivity index (χ0n) is 16.4. The molecule has 3 rings (SSSR count). The van der Waals surface area contributed by atoms with Gasteiger partial charge in [-0.2, -0.15) is 0 Å². The fourth-order valence-corrected chi connectivity index (χ4v) is 3.40. The lowest BCUT2D eigenvalue weighted by molar-refractivity contribution is -0.138. The van der Waals surface area contributed by atoms with Gasteiger partial charge in [0.25, 0.3) is 0 Å². The molecule has 3 N–H and O–H groups in total. The molecule has 0 aliphatic heterocycles. The fraction of sp³-hybridized carbons (Fsp3) is 0.318. The Bertz CT molecular complexity index is 869. The number of hydrogen-bond donors (Lipinski definition) is 3. The summed E-state index contributed by atoms with van der Waals surface area (Å²) < 4.78 is 10.7. The summed E-state index contributed by atoms with van der Waals surface area (Å²) in [5.41, 5.74) is 4.64. The van der Waals surface area contributed by atoms with Crippen LogP contribution in [0, 0.1) is 0 Å². The highest BCUT2D eigenvalue weighted by Crippen LogP contribution is 2.44. The van der Waals surface area contributed by atoms with E-state index in [9.17, 15) is 14.4 Å². The zero-order valence-corrected chi connectivity index (χ0v) is 16.4. The fourth-order valence-electron chi connectivity index (χ4n) is 3.40. The number of carbonyl (C=O) groups excluding carboxylic acids is 2. The van der Waals surface area contributed by atoms with Crippen LogP contribution in [0.5, 0.6) is 0 Å². The predicted octanol–water partition coefficient (Wildman–Crippen LogP) is 2.13. The molecule has 158 valence electrons. The number of ether oxygens (including phenoxy) is 2. The second-order valence-corrected chi connectivity index (χ2v) is 6.79.